The third-order valence-electron chi connectivity index (χ3n) is 5.86. The van der Waals surface area contributed by atoms with E-state index >= 15 is 0 Å². The Morgan fingerprint density at radius 2 is 1.84 bits per heavy atom. The maximum atomic E-state index is 13.3. The number of hydrogen-bond acceptors (Lipinski definition) is 4. The Morgan fingerprint density at radius 1 is 1.03 bits per heavy atom. The molecule has 164 valence electrons. The smallest absolute Gasteiger partial charge is 0.368 e. The quantitative estimate of drug-likeness (QED) is 0.598. The molecule has 3 aliphatic rings. The Hall–Kier alpha value is -3.62. The highest BCUT2D eigenvalue weighted by Crippen LogP contribution is 2.40. The summed E-state index contributed by atoms with van der Waals surface area (Å²) in [5.74, 6) is 0.875. The zero-order valence-electron chi connectivity index (χ0n) is 17.0. The van der Waals surface area contributed by atoms with Crippen LogP contribution in [0.15, 0.2) is 60.8 Å². The molecule has 0 atom stereocenters. The molecule has 5 heterocycles. The lowest BCUT2D eigenvalue weighted by molar-refractivity contribution is -0.137. The molecule has 1 N–H and O–H groups in total. The van der Waals surface area contributed by atoms with Crippen molar-refractivity contribution in [3.05, 3.63) is 66.4 Å². The second-order valence-corrected chi connectivity index (χ2v) is 7.85. The SMILES string of the molecule is O=C(Nc1ccccn1)N1c2nc(-c3cccc(C(F)(F)F)c3)ccc2N2CCC1CC2. The normalized spacial score (nSPS) is 16.0. The summed E-state index contributed by atoms with van der Waals surface area (Å²) in [5.41, 5.74) is 0.796. The number of piperidine rings is 1. The summed E-state index contributed by atoms with van der Waals surface area (Å²) in [6, 6.07) is 13.4. The number of urea groups is 1. The lowest BCUT2D eigenvalue weighted by Crippen LogP contribution is -2.46. The molecular weight excluding hydrogens is 419 g/mol. The molecule has 32 heavy (non-hydrogen) atoms. The van der Waals surface area contributed by atoms with Gasteiger partial charge in [0.25, 0.3) is 0 Å². The number of benzene rings is 1. The predicted octanol–water partition coefficient (Wildman–Crippen LogP) is 5.18. The Kier molecular flexibility index (Phi) is 4.96. The summed E-state index contributed by atoms with van der Waals surface area (Å²) >= 11 is 0. The van der Waals surface area contributed by atoms with E-state index in [1.807, 2.05) is 6.07 Å². The molecular formula is C23H20F3N5O. The summed E-state index contributed by atoms with van der Waals surface area (Å²) in [7, 11) is 0. The van der Waals surface area contributed by atoms with E-state index in [4.69, 9.17) is 0 Å². The maximum Gasteiger partial charge on any atom is 0.416 e. The minimum Gasteiger partial charge on any atom is -0.368 e. The highest BCUT2D eigenvalue weighted by molar-refractivity contribution is 6.03. The number of aromatic nitrogens is 2. The van der Waals surface area contributed by atoms with Crippen LogP contribution in [0.1, 0.15) is 18.4 Å². The van der Waals surface area contributed by atoms with Crippen molar-refractivity contribution in [1.82, 2.24) is 9.97 Å². The maximum absolute atomic E-state index is 13.3. The van der Waals surface area contributed by atoms with Crippen LogP contribution in [0.2, 0.25) is 0 Å². The van der Waals surface area contributed by atoms with Crippen LogP contribution in [0.4, 0.5) is 35.3 Å². The van der Waals surface area contributed by atoms with Gasteiger partial charge in [-0.05, 0) is 49.2 Å². The van der Waals surface area contributed by atoms with E-state index in [2.05, 4.69) is 20.2 Å². The Labute approximate surface area is 182 Å². The number of carbonyl (C=O) groups excluding carboxylic acids is 1. The average molecular weight is 439 g/mol. The monoisotopic (exact) mass is 439 g/mol. The average Bonchev–Trinajstić information content (AvgIpc) is 3.05. The number of halogens is 3. The number of carbonyl (C=O) groups is 1. The number of pyridine rings is 2. The van der Waals surface area contributed by atoms with E-state index in [0.717, 1.165) is 43.8 Å². The molecule has 2 bridgehead atoms. The van der Waals surface area contributed by atoms with Gasteiger partial charge in [-0.1, -0.05) is 18.2 Å². The van der Waals surface area contributed by atoms with E-state index in [9.17, 15) is 18.0 Å². The van der Waals surface area contributed by atoms with E-state index in [1.54, 1.807) is 41.4 Å². The van der Waals surface area contributed by atoms with Gasteiger partial charge < -0.3 is 4.90 Å². The summed E-state index contributed by atoms with van der Waals surface area (Å²) in [6.45, 7) is 1.57. The summed E-state index contributed by atoms with van der Waals surface area (Å²) in [6.07, 6.45) is -1.29. The molecule has 0 radical (unpaired) electrons. The number of nitrogens with zero attached hydrogens (tertiary/aromatic N) is 4. The van der Waals surface area contributed by atoms with Crippen molar-refractivity contribution in [3.63, 3.8) is 0 Å². The molecule has 6 rings (SSSR count). The van der Waals surface area contributed by atoms with E-state index < -0.39 is 11.7 Å². The van der Waals surface area contributed by atoms with Crippen LogP contribution in [-0.4, -0.2) is 35.1 Å². The van der Waals surface area contributed by atoms with Crippen LogP contribution in [0.3, 0.4) is 0 Å². The number of rotatable bonds is 2. The molecule has 2 amide bonds. The van der Waals surface area contributed by atoms with Gasteiger partial charge in [-0.3, -0.25) is 10.2 Å². The Bertz CT molecular complexity index is 1140. The largest absolute Gasteiger partial charge is 0.416 e. The van der Waals surface area contributed by atoms with Crippen LogP contribution in [-0.2, 0) is 6.18 Å². The van der Waals surface area contributed by atoms with Crippen molar-refractivity contribution in [1.29, 1.82) is 0 Å². The highest BCUT2D eigenvalue weighted by Gasteiger charge is 2.37. The van der Waals surface area contributed by atoms with Gasteiger partial charge in [-0.2, -0.15) is 13.2 Å². The zero-order chi connectivity index (χ0) is 22.3. The third kappa shape index (κ3) is 3.74. The number of amides is 2. The molecule has 9 heteroatoms. The van der Waals surface area contributed by atoms with Gasteiger partial charge in [0.15, 0.2) is 5.82 Å². The minimum atomic E-state index is -4.44. The van der Waals surface area contributed by atoms with Crippen LogP contribution in [0, 0.1) is 0 Å². The van der Waals surface area contributed by atoms with Gasteiger partial charge in [0, 0.05) is 30.9 Å². The fraction of sp³-hybridized carbons (Fsp3) is 0.261. The molecule has 0 unspecified atom stereocenters. The molecule has 2 aromatic heterocycles. The molecule has 3 aromatic rings. The van der Waals surface area contributed by atoms with Crippen molar-refractivity contribution in [3.8, 4) is 11.3 Å². The third-order valence-corrected chi connectivity index (χ3v) is 5.86. The van der Waals surface area contributed by atoms with Gasteiger partial charge in [0.2, 0.25) is 0 Å². The molecule has 0 spiro atoms. The van der Waals surface area contributed by atoms with Crippen LogP contribution in [0.25, 0.3) is 11.3 Å². The number of hydrogen-bond donors (Lipinski definition) is 1. The van der Waals surface area contributed by atoms with Crippen LogP contribution in [0.5, 0.6) is 0 Å². The fourth-order valence-electron chi connectivity index (χ4n) is 4.29. The minimum absolute atomic E-state index is 0.0551. The lowest BCUT2D eigenvalue weighted by atomic mass is 10.1. The predicted molar refractivity (Wildman–Crippen MR) is 116 cm³/mol. The van der Waals surface area contributed by atoms with Crippen molar-refractivity contribution in [2.45, 2.75) is 25.1 Å². The van der Waals surface area contributed by atoms with Crippen molar-refractivity contribution < 1.29 is 18.0 Å². The van der Waals surface area contributed by atoms with Crippen LogP contribution >= 0.6 is 0 Å². The number of nitrogens with one attached hydrogen (secondary N) is 1. The van der Waals surface area contributed by atoms with Gasteiger partial charge in [0.1, 0.15) is 5.82 Å². The summed E-state index contributed by atoms with van der Waals surface area (Å²) in [4.78, 5) is 25.9. The first-order chi connectivity index (χ1) is 15.4. The van der Waals surface area contributed by atoms with E-state index in [0.29, 0.717) is 22.9 Å². The number of alkyl halides is 3. The zero-order valence-corrected chi connectivity index (χ0v) is 17.0. The molecule has 6 nitrogen and oxygen atoms in total. The number of anilines is 3. The first kappa shape index (κ1) is 20.3. The van der Waals surface area contributed by atoms with Gasteiger partial charge in [-0.15, -0.1) is 0 Å². The van der Waals surface area contributed by atoms with Crippen molar-refractivity contribution >= 4 is 23.4 Å². The topological polar surface area (TPSA) is 61.4 Å². The second kappa shape index (κ2) is 7.81. The van der Waals surface area contributed by atoms with E-state index in [1.165, 1.54) is 6.07 Å². The van der Waals surface area contributed by atoms with E-state index in [-0.39, 0.29) is 12.1 Å². The fourth-order valence-corrected chi connectivity index (χ4v) is 4.29. The lowest BCUT2D eigenvalue weighted by Gasteiger charge is -2.31. The van der Waals surface area contributed by atoms with Crippen molar-refractivity contribution in [2.24, 2.45) is 0 Å². The number of fused-ring (bicyclic) bond motifs is 2. The van der Waals surface area contributed by atoms with Crippen LogP contribution < -0.4 is 15.1 Å². The van der Waals surface area contributed by atoms with Gasteiger partial charge in [-0.25, -0.2) is 14.8 Å². The first-order valence-corrected chi connectivity index (χ1v) is 10.3. The molecule has 1 aromatic carbocycles. The van der Waals surface area contributed by atoms with Crippen molar-refractivity contribution in [2.75, 3.05) is 28.2 Å². The highest BCUT2D eigenvalue weighted by atomic mass is 19.4. The Balaban J connectivity index is 1.56. The summed E-state index contributed by atoms with van der Waals surface area (Å²) in [5, 5.41) is 2.82. The van der Waals surface area contributed by atoms with Gasteiger partial charge in [0.05, 0.1) is 16.9 Å². The molecule has 0 aliphatic carbocycles. The Morgan fingerprint density at radius 3 is 2.56 bits per heavy atom. The molecule has 3 aliphatic heterocycles. The summed E-state index contributed by atoms with van der Waals surface area (Å²) < 4.78 is 39.6. The van der Waals surface area contributed by atoms with Gasteiger partial charge >= 0.3 is 12.2 Å². The standard InChI is InChI=1S/C23H20F3N5O/c24-23(25,26)16-5-3-4-15(14-16)18-7-8-19-21(28-18)31(17-9-12-30(19)13-10-17)22(32)29-20-6-1-2-11-27-20/h1-8,11,14,17H,9-10,12-13H2,(H,27,29,32). The molecule has 0 saturated carbocycles. The molecule has 1 fully saturated rings. The second-order valence-electron chi connectivity index (χ2n) is 7.85. The first-order valence-electron chi connectivity index (χ1n) is 10.3. The molecule has 1 saturated heterocycles.